The molecule has 0 atom stereocenters. The fourth-order valence-electron chi connectivity index (χ4n) is 3.86. The van der Waals surface area contributed by atoms with Gasteiger partial charge in [-0.25, -0.2) is 9.79 Å². The summed E-state index contributed by atoms with van der Waals surface area (Å²) in [6.07, 6.45) is 0.764. The Labute approximate surface area is 169 Å². The zero-order valence-electron chi connectivity index (χ0n) is 17.2. The van der Waals surface area contributed by atoms with Gasteiger partial charge in [-0.2, -0.15) is 0 Å². The molecule has 2 aromatic carbocycles. The molecule has 6 nitrogen and oxygen atoms in total. The Balaban J connectivity index is 2.01. The highest BCUT2D eigenvalue weighted by molar-refractivity contribution is 5.70. The SMILES string of the molecule is CCn1c(=Nc2ccccc2C)cc2n(c1=O)CCc1cc(OC)c(OC)cc1-2. The van der Waals surface area contributed by atoms with E-state index in [0.717, 1.165) is 34.5 Å². The van der Waals surface area contributed by atoms with Crippen LogP contribution in [0.1, 0.15) is 18.1 Å². The third kappa shape index (κ3) is 3.24. The van der Waals surface area contributed by atoms with Gasteiger partial charge in [0, 0.05) is 24.7 Å². The molecule has 1 aliphatic heterocycles. The number of rotatable bonds is 4. The van der Waals surface area contributed by atoms with E-state index in [9.17, 15) is 4.79 Å². The van der Waals surface area contributed by atoms with Gasteiger partial charge in [-0.05, 0) is 49.6 Å². The number of hydrogen-bond acceptors (Lipinski definition) is 4. The molecule has 150 valence electrons. The van der Waals surface area contributed by atoms with E-state index in [0.29, 0.717) is 30.1 Å². The number of benzene rings is 2. The topological polar surface area (TPSA) is 57.8 Å². The molecule has 0 unspecified atom stereocenters. The zero-order chi connectivity index (χ0) is 20.5. The van der Waals surface area contributed by atoms with Crippen molar-refractivity contribution in [2.45, 2.75) is 33.4 Å². The van der Waals surface area contributed by atoms with Crippen molar-refractivity contribution < 1.29 is 9.47 Å². The van der Waals surface area contributed by atoms with E-state index in [1.807, 2.05) is 60.9 Å². The summed E-state index contributed by atoms with van der Waals surface area (Å²) in [4.78, 5) is 18.1. The normalized spacial score (nSPS) is 13.0. The van der Waals surface area contributed by atoms with Crippen molar-refractivity contribution in [3.63, 3.8) is 0 Å². The van der Waals surface area contributed by atoms with Gasteiger partial charge in [0.05, 0.1) is 25.6 Å². The molecule has 29 heavy (non-hydrogen) atoms. The molecule has 0 radical (unpaired) electrons. The Kier molecular flexibility index (Phi) is 5.01. The molecular weight excluding hydrogens is 366 g/mol. The third-order valence-electron chi connectivity index (χ3n) is 5.45. The summed E-state index contributed by atoms with van der Waals surface area (Å²) in [5.74, 6) is 1.35. The molecule has 3 aromatic rings. The number of methoxy groups -OCH3 is 2. The van der Waals surface area contributed by atoms with Crippen molar-refractivity contribution in [3.8, 4) is 22.8 Å². The summed E-state index contributed by atoms with van der Waals surface area (Å²) in [5, 5.41) is 0. The van der Waals surface area contributed by atoms with Crippen LogP contribution in [0.4, 0.5) is 5.69 Å². The van der Waals surface area contributed by atoms with Gasteiger partial charge in [-0.15, -0.1) is 0 Å². The van der Waals surface area contributed by atoms with Crippen LogP contribution in [0.2, 0.25) is 0 Å². The van der Waals surface area contributed by atoms with Crippen molar-refractivity contribution >= 4 is 5.69 Å². The highest BCUT2D eigenvalue weighted by Crippen LogP contribution is 2.37. The van der Waals surface area contributed by atoms with Crippen LogP contribution in [0.25, 0.3) is 11.3 Å². The molecular formula is C23H25N3O3. The smallest absolute Gasteiger partial charge is 0.330 e. The summed E-state index contributed by atoms with van der Waals surface area (Å²) in [5.41, 5.74) is 5.52. The molecule has 2 heterocycles. The lowest BCUT2D eigenvalue weighted by molar-refractivity contribution is 0.354. The van der Waals surface area contributed by atoms with Gasteiger partial charge in [0.15, 0.2) is 11.5 Å². The monoisotopic (exact) mass is 391 g/mol. The molecule has 0 amide bonds. The van der Waals surface area contributed by atoms with Crippen LogP contribution in [0.3, 0.4) is 0 Å². The highest BCUT2D eigenvalue weighted by atomic mass is 16.5. The Bertz CT molecular complexity index is 1200. The predicted molar refractivity (Wildman–Crippen MR) is 113 cm³/mol. The minimum absolute atomic E-state index is 0.0437. The Morgan fingerprint density at radius 1 is 1.07 bits per heavy atom. The summed E-state index contributed by atoms with van der Waals surface area (Å²) in [6, 6.07) is 13.9. The summed E-state index contributed by atoms with van der Waals surface area (Å²) in [7, 11) is 3.25. The molecule has 0 bridgehead atoms. The molecule has 1 aromatic heterocycles. The van der Waals surface area contributed by atoms with Crippen molar-refractivity contribution in [2.75, 3.05) is 14.2 Å². The fourth-order valence-corrected chi connectivity index (χ4v) is 3.86. The lowest BCUT2D eigenvalue weighted by Crippen LogP contribution is -2.41. The minimum atomic E-state index is -0.0437. The first-order valence-electron chi connectivity index (χ1n) is 9.77. The summed E-state index contributed by atoms with van der Waals surface area (Å²) >= 11 is 0. The average Bonchev–Trinajstić information content (AvgIpc) is 2.74. The maximum absolute atomic E-state index is 13.2. The molecule has 0 N–H and O–H groups in total. The van der Waals surface area contributed by atoms with Crippen LogP contribution in [0, 0.1) is 6.92 Å². The lowest BCUT2D eigenvalue weighted by Gasteiger charge is -2.24. The molecule has 0 fully saturated rings. The van der Waals surface area contributed by atoms with Gasteiger partial charge in [-0.3, -0.25) is 9.13 Å². The molecule has 0 spiro atoms. The van der Waals surface area contributed by atoms with E-state index in [2.05, 4.69) is 0 Å². The third-order valence-corrected chi connectivity index (χ3v) is 5.45. The molecule has 0 aliphatic carbocycles. The van der Waals surface area contributed by atoms with E-state index in [1.165, 1.54) is 0 Å². The first-order chi connectivity index (χ1) is 14.1. The van der Waals surface area contributed by atoms with Crippen molar-refractivity contribution in [3.05, 3.63) is 69.6 Å². The largest absolute Gasteiger partial charge is 0.493 e. The Hall–Kier alpha value is -3.28. The van der Waals surface area contributed by atoms with Crippen LogP contribution in [0.15, 0.2) is 52.3 Å². The number of aryl methyl sites for hydroxylation is 2. The second kappa shape index (κ2) is 7.62. The second-order valence-electron chi connectivity index (χ2n) is 7.08. The minimum Gasteiger partial charge on any atom is -0.493 e. The van der Waals surface area contributed by atoms with E-state index in [4.69, 9.17) is 14.5 Å². The number of ether oxygens (including phenoxy) is 2. The maximum atomic E-state index is 13.2. The number of hydrogen-bond donors (Lipinski definition) is 0. The standard InChI is InChI=1S/C23H25N3O3/c1-5-25-22(24-18-9-7-6-8-15(18)2)14-19-17-13-21(29-4)20(28-3)12-16(17)10-11-26(19)23(25)27/h6-9,12-14H,5,10-11H2,1-4H3. The second-order valence-corrected chi connectivity index (χ2v) is 7.08. The van der Waals surface area contributed by atoms with Crippen LogP contribution in [-0.2, 0) is 19.5 Å². The number of nitrogens with zero attached hydrogens (tertiary/aromatic N) is 3. The van der Waals surface area contributed by atoms with E-state index in [-0.39, 0.29) is 5.69 Å². The number of aromatic nitrogens is 2. The molecule has 6 heteroatoms. The van der Waals surface area contributed by atoms with E-state index < -0.39 is 0 Å². The van der Waals surface area contributed by atoms with Gasteiger partial charge in [-0.1, -0.05) is 18.2 Å². The van der Waals surface area contributed by atoms with Crippen molar-refractivity contribution in [2.24, 2.45) is 4.99 Å². The molecule has 1 aliphatic rings. The van der Waals surface area contributed by atoms with Crippen molar-refractivity contribution in [1.29, 1.82) is 0 Å². The molecule has 0 saturated heterocycles. The predicted octanol–water partition coefficient (Wildman–Crippen LogP) is 3.45. The van der Waals surface area contributed by atoms with Gasteiger partial charge >= 0.3 is 5.69 Å². The van der Waals surface area contributed by atoms with Gasteiger partial charge in [0.25, 0.3) is 0 Å². The fraction of sp³-hybridized carbons (Fsp3) is 0.304. The first-order valence-corrected chi connectivity index (χ1v) is 9.77. The van der Waals surface area contributed by atoms with E-state index in [1.54, 1.807) is 18.8 Å². The van der Waals surface area contributed by atoms with Crippen LogP contribution in [-0.4, -0.2) is 23.4 Å². The van der Waals surface area contributed by atoms with Crippen LogP contribution < -0.4 is 20.7 Å². The first kappa shape index (κ1) is 19.1. The van der Waals surface area contributed by atoms with Gasteiger partial charge < -0.3 is 9.47 Å². The molecule has 0 saturated carbocycles. The Morgan fingerprint density at radius 2 is 1.79 bits per heavy atom. The highest BCUT2D eigenvalue weighted by Gasteiger charge is 2.22. The average molecular weight is 391 g/mol. The lowest BCUT2D eigenvalue weighted by atomic mass is 9.97. The van der Waals surface area contributed by atoms with Crippen LogP contribution in [0.5, 0.6) is 11.5 Å². The van der Waals surface area contributed by atoms with Gasteiger partial charge in [0.2, 0.25) is 0 Å². The van der Waals surface area contributed by atoms with Gasteiger partial charge in [0.1, 0.15) is 5.49 Å². The van der Waals surface area contributed by atoms with Crippen molar-refractivity contribution in [1.82, 2.24) is 9.13 Å². The zero-order valence-corrected chi connectivity index (χ0v) is 17.2. The number of fused-ring (bicyclic) bond motifs is 3. The van der Waals surface area contributed by atoms with E-state index >= 15 is 0 Å². The maximum Gasteiger partial charge on any atom is 0.330 e. The quantitative estimate of drug-likeness (QED) is 0.684. The summed E-state index contributed by atoms with van der Waals surface area (Å²) in [6.45, 7) is 5.17. The summed E-state index contributed by atoms with van der Waals surface area (Å²) < 4.78 is 14.5. The molecule has 4 rings (SSSR count). The Morgan fingerprint density at radius 3 is 2.48 bits per heavy atom. The van der Waals surface area contributed by atoms with Crippen LogP contribution >= 0.6 is 0 Å². The number of para-hydroxylation sites is 1.